The van der Waals surface area contributed by atoms with Crippen LogP contribution in [0, 0.1) is 0 Å². The SMILES string of the molecule is CCN(CC)C(=O)CCNC(=O)NC(CC(N)=O)C(=O)O. The van der Waals surface area contributed by atoms with E-state index in [1.165, 1.54) is 0 Å². The highest BCUT2D eigenvalue weighted by Crippen LogP contribution is 1.94. The van der Waals surface area contributed by atoms with Crippen molar-refractivity contribution in [1.82, 2.24) is 15.5 Å². The molecule has 0 radical (unpaired) electrons. The monoisotopic (exact) mass is 302 g/mol. The number of urea groups is 1. The smallest absolute Gasteiger partial charge is 0.326 e. The van der Waals surface area contributed by atoms with Gasteiger partial charge in [0, 0.05) is 26.1 Å². The lowest BCUT2D eigenvalue weighted by Gasteiger charge is -2.19. The van der Waals surface area contributed by atoms with Crippen LogP contribution in [0.3, 0.4) is 0 Å². The van der Waals surface area contributed by atoms with Gasteiger partial charge in [0.2, 0.25) is 11.8 Å². The Hall–Kier alpha value is -2.32. The summed E-state index contributed by atoms with van der Waals surface area (Å²) in [5.74, 6) is -2.30. The van der Waals surface area contributed by atoms with Crippen LogP contribution in [-0.2, 0) is 14.4 Å². The summed E-state index contributed by atoms with van der Waals surface area (Å²) in [4.78, 5) is 46.2. The van der Waals surface area contributed by atoms with Crippen LogP contribution in [0.25, 0.3) is 0 Å². The molecule has 21 heavy (non-hydrogen) atoms. The van der Waals surface area contributed by atoms with Crippen LogP contribution in [0.15, 0.2) is 0 Å². The minimum atomic E-state index is -1.39. The Morgan fingerprint density at radius 2 is 1.76 bits per heavy atom. The predicted molar refractivity (Wildman–Crippen MR) is 74.3 cm³/mol. The van der Waals surface area contributed by atoms with Gasteiger partial charge in [-0.1, -0.05) is 0 Å². The van der Waals surface area contributed by atoms with E-state index in [9.17, 15) is 19.2 Å². The van der Waals surface area contributed by atoms with Crippen molar-refractivity contribution in [3.05, 3.63) is 0 Å². The summed E-state index contributed by atoms with van der Waals surface area (Å²) in [6.45, 7) is 4.94. The molecular weight excluding hydrogens is 280 g/mol. The van der Waals surface area contributed by atoms with Gasteiger partial charge < -0.3 is 26.4 Å². The van der Waals surface area contributed by atoms with Crippen LogP contribution >= 0.6 is 0 Å². The highest BCUT2D eigenvalue weighted by Gasteiger charge is 2.22. The van der Waals surface area contributed by atoms with Gasteiger partial charge in [-0.25, -0.2) is 9.59 Å². The predicted octanol–water partition coefficient (Wildman–Crippen LogP) is -1.13. The fraction of sp³-hybridized carbons (Fsp3) is 0.667. The zero-order valence-corrected chi connectivity index (χ0v) is 12.2. The molecule has 1 atom stereocenters. The first-order chi connectivity index (χ1) is 9.81. The zero-order valence-electron chi connectivity index (χ0n) is 12.2. The van der Waals surface area contributed by atoms with E-state index >= 15 is 0 Å². The molecule has 0 saturated carbocycles. The van der Waals surface area contributed by atoms with E-state index < -0.39 is 30.4 Å². The molecule has 9 heteroatoms. The first-order valence-corrected chi connectivity index (χ1v) is 6.65. The second-order valence-corrected chi connectivity index (χ2v) is 4.28. The molecule has 0 spiro atoms. The highest BCUT2D eigenvalue weighted by molar-refractivity contribution is 5.87. The molecule has 0 aliphatic heterocycles. The third-order valence-electron chi connectivity index (χ3n) is 2.75. The van der Waals surface area contributed by atoms with Crippen LogP contribution in [0.5, 0.6) is 0 Å². The number of carbonyl (C=O) groups is 4. The third-order valence-corrected chi connectivity index (χ3v) is 2.75. The third kappa shape index (κ3) is 7.75. The fourth-order valence-corrected chi connectivity index (χ4v) is 1.63. The number of rotatable bonds is 9. The quantitative estimate of drug-likeness (QED) is 0.426. The number of hydrogen-bond acceptors (Lipinski definition) is 4. The van der Waals surface area contributed by atoms with Crippen molar-refractivity contribution in [1.29, 1.82) is 0 Å². The van der Waals surface area contributed by atoms with Gasteiger partial charge in [-0.2, -0.15) is 0 Å². The summed E-state index contributed by atoms with van der Waals surface area (Å²) in [6, 6.07) is -2.16. The molecule has 9 nitrogen and oxygen atoms in total. The van der Waals surface area contributed by atoms with E-state index in [1.807, 2.05) is 13.8 Å². The summed E-state index contributed by atoms with van der Waals surface area (Å²) in [7, 11) is 0. The van der Waals surface area contributed by atoms with E-state index in [-0.39, 0.29) is 18.9 Å². The van der Waals surface area contributed by atoms with Crippen molar-refractivity contribution in [2.24, 2.45) is 5.73 Å². The Morgan fingerprint density at radius 1 is 1.19 bits per heavy atom. The molecule has 0 aliphatic carbocycles. The molecule has 0 aromatic carbocycles. The van der Waals surface area contributed by atoms with Gasteiger partial charge in [0.25, 0.3) is 0 Å². The van der Waals surface area contributed by atoms with Crippen molar-refractivity contribution in [3.8, 4) is 0 Å². The number of nitrogens with two attached hydrogens (primary N) is 1. The van der Waals surface area contributed by atoms with E-state index in [0.717, 1.165) is 0 Å². The minimum Gasteiger partial charge on any atom is -0.480 e. The molecule has 4 amide bonds. The summed E-state index contributed by atoms with van der Waals surface area (Å²) >= 11 is 0. The summed E-state index contributed by atoms with van der Waals surface area (Å²) in [5.41, 5.74) is 4.89. The van der Waals surface area contributed by atoms with Gasteiger partial charge in [-0.15, -0.1) is 0 Å². The standard InChI is InChI=1S/C12H22N4O5/c1-3-16(4-2)10(18)5-6-14-12(21)15-8(11(19)20)7-9(13)17/h8H,3-7H2,1-2H3,(H2,13,17)(H,19,20)(H2,14,15,21). The van der Waals surface area contributed by atoms with Gasteiger partial charge in [-0.3, -0.25) is 9.59 Å². The Bertz CT molecular complexity index is 395. The summed E-state index contributed by atoms with van der Waals surface area (Å²) in [5, 5.41) is 13.3. The van der Waals surface area contributed by atoms with Crippen LogP contribution < -0.4 is 16.4 Å². The van der Waals surface area contributed by atoms with Crippen molar-refractivity contribution < 1.29 is 24.3 Å². The second kappa shape index (κ2) is 9.56. The van der Waals surface area contributed by atoms with Crippen molar-refractivity contribution in [2.75, 3.05) is 19.6 Å². The molecule has 0 bridgehead atoms. The van der Waals surface area contributed by atoms with E-state index in [2.05, 4.69) is 10.6 Å². The number of aliphatic carboxylic acids is 1. The first kappa shape index (κ1) is 18.7. The van der Waals surface area contributed by atoms with E-state index in [1.54, 1.807) is 4.90 Å². The van der Waals surface area contributed by atoms with Crippen molar-refractivity contribution in [3.63, 3.8) is 0 Å². The molecule has 1 unspecified atom stereocenters. The number of carboxylic acid groups (broad SMARTS) is 1. The lowest BCUT2D eigenvalue weighted by molar-refractivity contribution is -0.140. The second-order valence-electron chi connectivity index (χ2n) is 4.28. The van der Waals surface area contributed by atoms with Gasteiger partial charge in [0.15, 0.2) is 0 Å². The van der Waals surface area contributed by atoms with E-state index in [4.69, 9.17) is 10.8 Å². The van der Waals surface area contributed by atoms with Crippen molar-refractivity contribution >= 4 is 23.8 Å². The average molecular weight is 302 g/mol. The Labute approximate surface area is 122 Å². The maximum Gasteiger partial charge on any atom is 0.326 e. The van der Waals surface area contributed by atoms with Crippen LogP contribution in [0.1, 0.15) is 26.7 Å². The molecule has 0 heterocycles. The topological polar surface area (TPSA) is 142 Å². The highest BCUT2D eigenvalue weighted by atomic mass is 16.4. The molecule has 0 aromatic heterocycles. The maximum absolute atomic E-state index is 11.7. The summed E-state index contributed by atoms with van der Waals surface area (Å²) in [6.07, 6.45) is -0.385. The Morgan fingerprint density at radius 3 is 2.19 bits per heavy atom. The van der Waals surface area contributed by atoms with Gasteiger partial charge in [-0.05, 0) is 13.8 Å². The van der Waals surface area contributed by atoms with Crippen LogP contribution in [0.4, 0.5) is 4.79 Å². The molecular formula is C12H22N4O5. The molecule has 120 valence electrons. The largest absolute Gasteiger partial charge is 0.480 e. The van der Waals surface area contributed by atoms with Gasteiger partial charge >= 0.3 is 12.0 Å². The average Bonchev–Trinajstić information content (AvgIpc) is 2.38. The molecule has 0 rings (SSSR count). The van der Waals surface area contributed by atoms with Crippen LogP contribution in [-0.4, -0.2) is 59.5 Å². The van der Waals surface area contributed by atoms with Gasteiger partial charge in [0.1, 0.15) is 6.04 Å². The summed E-state index contributed by atoms with van der Waals surface area (Å²) < 4.78 is 0. The fourth-order valence-electron chi connectivity index (χ4n) is 1.63. The zero-order chi connectivity index (χ0) is 16.4. The molecule has 0 saturated heterocycles. The maximum atomic E-state index is 11.7. The number of carboxylic acids is 1. The first-order valence-electron chi connectivity index (χ1n) is 6.65. The van der Waals surface area contributed by atoms with Crippen LogP contribution in [0.2, 0.25) is 0 Å². The lowest BCUT2D eigenvalue weighted by atomic mass is 10.2. The number of nitrogens with one attached hydrogen (secondary N) is 2. The number of amides is 4. The number of hydrogen-bond donors (Lipinski definition) is 4. The number of carbonyl (C=O) groups excluding carboxylic acids is 3. The molecule has 5 N–H and O–H groups in total. The number of primary amides is 1. The Balaban J connectivity index is 4.17. The normalized spacial score (nSPS) is 11.3. The minimum absolute atomic E-state index is 0.0735. The van der Waals surface area contributed by atoms with Gasteiger partial charge in [0.05, 0.1) is 6.42 Å². The van der Waals surface area contributed by atoms with Crippen molar-refractivity contribution in [2.45, 2.75) is 32.7 Å². The lowest BCUT2D eigenvalue weighted by Crippen LogP contribution is -2.48. The number of nitrogens with zero attached hydrogens (tertiary/aromatic N) is 1. The molecule has 0 aliphatic rings. The molecule has 0 aromatic rings. The molecule has 0 fully saturated rings. The Kier molecular flexibility index (Phi) is 8.51. The van der Waals surface area contributed by atoms with E-state index in [0.29, 0.717) is 13.1 Å².